The molecule has 0 rings (SSSR count). The molecule has 0 aromatic carbocycles. The Bertz CT molecular complexity index is 1700. The zero-order valence-electron chi connectivity index (χ0n) is 43.2. The summed E-state index contributed by atoms with van der Waals surface area (Å²) >= 11 is 0. The average Bonchev–Trinajstić information content (AvgIpc) is 3.35. The molecule has 0 saturated carbocycles. The Labute approximate surface area is 421 Å². The summed E-state index contributed by atoms with van der Waals surface area (Å²) in [7, 11) is 0. The molecule has 6 nitrogen and oxygen atoms in total. The van der Waals surface area contributed by atoms with Gasteiger partial charge in [0, 0.05) is 19.3 Å². The van der Waals surface area contributed by atoms with Gasteiger partial charge in [-0.05, 0) is 109 Å². The van der Waals surface area contributed by atoms with Gasteiger partial charge in [-0.3, -0.25) is 14.4 Å². The second-order valence-electron chi connectivity index (χ2n) is 16.4. The first-order valence-electron chi connectivity index (χ1n) is 26.4. The van der Waals surface area contributed by atoms with Crippen molar-refractivity contribution >= 4 is 17.9 Å². The van der Waals surface area contributed by atoms with Crippen LogP contribution in [0, 0.1) is 0 Å². The predicted molar refractivity (Wildman–Crippen MR) is 297 cm³/mol. The molecular formula is C63H92O6. The van der Waals surface area contributed by atoms with Gasteiger partial charge in [0.05, 0.1) is 0 Å². The summed E-state index contributed by atoms with van der Waals surface area (Å²) < 4.78 is 16.7. The molecule has 1 atom stereocenters. The molecule has 380 valence electrons. The van der Waals surface area contributed by atoms with Crippen LogP contribution in [0.3, 0.4) is 0 Å². The van der Waals surface area contributed by atoms with Crippen molar-refractivity contribution in [2.24, 2.45) is 0 Å². The van der Waals surface area contributed by atoms with E-state index in [4.69, 9.17) is 14.2 Å². The standard InChI is InChI=1S/C63H92O6/c1-4-7-10-13-16-19-22-25-27-29-31-33-35-38-41-44-47-50-53-56-62(65)68-59-60(58-67-61(64)55-52-49-46-43-40-37-24-21-18-15-12-9-6-3)69-63(66)57-54-51-48-45-42-39-36-34-32-30-28-26-23-20-17-14-11-8-5-2/h7-12,15-21,24-28,31-34,37-38,40-41,43,46-47,50,60H,4-6,13-14,22-23,29-30,35-36,39,42,44-45,48-49,51-59H2,1-3H3/b10-7+,11-8+,12-9+,18-15+,19-16+,20-17+,24-21+,27-25+,28-26+,33-31+,34-32+,40-37+,41-38+,46-43+,50-47+. The van der Waals surface area contributed by atoms with Gasteiger partial charge in [-0.15, -0.1) is 0 Å². The molecule has 6 heteroatoms. The maximum atomic E-state index is 12.8. The van der Waals surface area contributed by atoms with Crippen molar-refractivity contribution in [3.05, 3.63) is 182 Å². The highest BCUT2D eigenvalue weighted by Gasteiger charge is 2.19. The van der Waals surface area contributed by atoms with Crippen LogP contribution in [0.2, 0.25) is 0 Å². The summed E-state index contributed by atoms with van der Waals surface area (Å²) in [6.45, 7) is 6.09. The van der Waals surface area contributed by atoms with Crippen LogP contribution < -0.4 is 0 Å². The lowest BCUT2D eigenvalue weighted by atomic mass is 10.1. The van der Waals surface area contributed by atoms with Crippen molar-refractivity contribution < 1.29 is 28.6 Å². The van der Waals surface area contributed by atoms with Gasteiger partial charge in [-0.2, -0.15) is 0 Å². The monoisotopic (exact) mass is 945 g/mol. The number of allylic oxidation sites excluding steroid dienone is 30. The van der Waals surface area contributed by atoms with Crippen LogP contribution in [-0.2, 0) is 28.6 Å². The summed E-state index contributed by atoms with van der Waals surface area (Å²) in [6.07, 6.45) is 83.2. The summed E-state index contributed by atoms with van der Waals surface area (Å²) in [5, 5.41) is 0. The highest BCUT2D eigenvalue weighted by molar-refractivity contribution is 5.71. The maximum absolute atomic E-state index is 12.8. The van der Waals surface area contributed by atoms with Crippen LogP contribution in [-0.4, -0.2) is 37.2 Å². The van der Waals surface area contributed by atoms with Gasteiger partial charge in [0.15, 0.2) is 6.10 Å². The van der Waals surface area contributed by atoms with Crippen LogP contribution in [0.25, 0.3) is 0 Å². The molecule has 0 aliphatic heterocycles. The number of carbonyl (C=O) groups is 3. The molecule has 1 unspecified atom stereocenters. The first-order chi connectivity index (χ1) is 34.0. The number of carbonyl (C=O) groups excluding carboxylic acids is 3. The molecule has 0 heterocycles. The quantitative estimate of drug-likeness (QED) is 0.0199. The van der Waals surface area contributed by atoms with Crippen LogP contribution in [0.4, 0.5) is 0 Å². The predicted octanol–water partition coefficient (Wildman–Crippen LogP) is 17.7. The van der Waals surface area contributed by atoms with E-state index >= 15 is 0 Å². The number of esters is 3. The van der Waals surface area contributed by atoms with Crippen molar-refractivity contribution in [2.45, 2.75) is 181 Å². The number of hydrogen-bond acceptors (Lipinski definition) is 6. The molecule has 0 aliphatic carbocycles. The Morgan fingerprint density at radius 2 is 0.638 bits per heavy atom. The smallest absolute Gasteiger partial charge is 0.306 e. The van der Waals surface area contributed by atoms with Crippen LogP contribution in [0.5, 0.6) is 0 Å². The molecule has 0 saturated heterocycles. The Hall–Kier alpha value is -5.49. The van der Waals surface area contributed by atoms with Crippen molar-refractivity contribution in [3.63, 3.8) is 0 Å². The third-order valence-electron chi connectivity index (χ3n) is 10.0. The first-order valence-corrected chi connectivity index (χ1v) is 26.4. The largest absolute Gasteiger partial charge is 0.462 e. The number of hydrogen-bond donors (Lipinski definition) is 0. The first kappa shape index (κ1) is 63.5. The van der Waals surface area contributed by atoms with Crippen molar-refractivity contribution in [1.29, 1.82) is 0 Å². The minimum atomic E-state index is -0.856. The van der Waals surface area contributed by atoms with Gasteiger partial charge in [0.2, 0.25) is 0 Å². The minimum absolute atomic E-state index is 0.155. The fraction of sp³-hybridized carbons (Fsp3) is 0.476. The molecular weight excluding hydrogens is 853 g/mol. The molecule has 0 N–H and O–H groups in total. The van der Waals surface area contributed by atoms with E-state index in [2.05, 4.69) is 136 Å². The molecule has 0 radical (unpaired) electrons. The molecule has 0 fully saturated rings. The SMILES string of the molecule is CC/C=C/C=C/C=C/C=C/C=C/CCCC(=O)OCC(COC(=O)CC/C=C/C/C=C/C/C=C/C/C=C/C/C=C/C/C=C/CC)OC(=O)CCCCCCCC/C=C/C/C=C/C/C=C/C/C=C/CC. The number of ether oxygens (including phenoxy) is 3. The molecule has 0 amide bonds. The lowest BCUT2D eigenvalue weighted by Gasteiger charge is -2.18. The summed E-state index contributed by atoms with van der Waals surface area (Å²) in [5.41, 5.74) is 0. The topological polar surface area (TPSA) is 78.9 Å². The van der Waals surface area contributed by atoms with Gasteiger partial charge in [-0.1, -0.05) is 229 Å². The van der Waals surface area contributed by atoms with E-state index in [0.717, 1.165) is 109 Å². The van der Waals surface area contributed by atoms with E-state index < -0.39 is 6.10 Å². The number of unbranched alkanes of at least 4 members (excludes halogenated alkanes) is 7. The molecule has 0 bridgehead atoms. The lowest BCUT2D eigenvalue weighted by Crippen LogP contribution is -2.30. The van der Waals surface area contributed by atoms with Gasteiger partial charge < -0.3 is 14.2 Å². The van der Waals surface area contributed by atoms with Crippen LogP contribution in [0.1, 0.15) is 175 Å². The maximum Gasteiger partial charge on any atom is 0.306 e. The second-order valence-corrected chi connectivity index (χ2v) is 16.4. The average molecular weight is 945 g/mol. The molecule has 0 aliphatic rings. The third kappa shape index (κ3) is 53.3. The van der Waals surface area contributed by atoms with Gasteiger partial charge in [0.1, 0.15) is 13.2 Å². The summed E-state index contributed by atoms with van der Waals surface area (Å²) in [6, 6.07) is 0. The Kier molecular flexibility index (Phi) is 50.7. The Morgan fingerprint density at radius 3 is 1.10 bits per heavy atom. The third-order valence-corrected chi connectivity index (χ3v) is 10.0. The lowest BCUT2D eigenvalue weighted by molar-refractivity contribution is -0.166. The normalized spacial score (nSPS) is 13.6. The van der Waals surface area contributed by atoms with Gasteiger partial charge >= 0.3 is 17.9 Å². The molecule has 0 aromatic heterocycles. The fourth-order valence-corrected chi connectivity index (χ4v) is 6.19. The highest BCUT2D eigenvalue weighted by atomic mass is 16.6. The van der Waals surface area contributed by atoms with E-state index in [1.54, 1.807) is 0 Å². The van der Waals surface area contributed by atoms with E-state index in [1.807, 2.05) is 66.8 Å². The van der Waals surface area contributed by atoms with Gasteiger partial charge in [-0.25, -0.2) is 0 Å². The van der Waals surface area contributed by atoms with E-state index in [0.29, 0.717) is 12.8 Å². The van der Waals surface area contributed by atoms with Crippen molar-refractivity contribution in [1.82, 2.24) is 0 Å². The van der Waals surface area contributed by atoms with Crippen LogP contribution >= 0.6 is 0 Å². The molecule has 69 heavy (non-hydrogen) atoms. The van der Waals surface area contributed by atoms with Crippen LogP contribution in [0.15, 0.2) is 182 Å². The fourth-order valence-electron chi connectivity index (χ4n) is 6.19. The zero-order chi connectivity index (χ0) is 50.0. The summed E-state index contributed by atoms with van der Waals surface area (Å²) in [4.78, 5) is 38.0. The van der Waals surface area contributed by atoms with Gasteiger partial charge in [0.25, 0.3) is 0 Å². The Balaban J connectivity index is 4.65. The zero-order valence-corrected chi connectivity index (χ0v) is 43.2. The Morgan fingerprint density at radius 1 is 0.304 bits per heavy atom. The number of rotatable bonds is 44. The molecule has 0 aromatic rings. The molecule has 0 spiro atoms. The van der Waals surface area contributed by atoms with Crippen molar-refractivity contribution in [3.8, 4) is 0 Å². The summed E-state index contributed by atoms with van der Waals surface area (Å²) in [5.74, 6) is -1.14. The van der Waals surface area contributed by atoms with E-state index in [1.165, 1.54) is 12.8 Å². The highest BCUT2D eigenvalue weighted by Crippen LogP contribution is 2.12. The van der Waals surface area contributed by atoms with Crippen molar-refractivity contribution in [2.75, 3.05) is 13.2 Å². The van der Waals surface area contributed by atoms with E-state index in [-0.39, 0.29) is 50.4 Å². The van der Waals surface area contributed by atoms with E-state index in [9.17, 15) is 14.4 Å². The minimum Gasteiger partial charge on any atom is -0.462 e. The second kappa shape index (κ2) is 55.1.